The maximum absolute atomic E-state index is 9.94. The number of halogens is 1. The van der Waals surface area contributed by atoms with Crippen molar-refractivity contribution in [1.82, 2.24) is 4.98 Å². The van der Waals surface area contributed by atoms with Crippen LogP contribution in [0.2, 0.25) is 24.7 Å². The van der Waals surface area contributed by atoms with E-state index in [1.165, 1.54) is 0 Å². The van der Waals surface area contributed by atoms with Crippen molar-refractivity contribution in [1.29, 1.82) is 5.26 Å². The van der Waals surface area contributed by atoms with Crippen LogP contribution in [0.4, 0.5) is 0 Å². The van der Waals surface area contributed by atoms with Crippen LogP contribution in [-0.2, 0) is 5.41 Å². The number of benzene rings is 1. The van der Waals surface area contributed by atoms with Gasteiger partial charge in [-0.25, -0.2) is 0 Å². The minimum atomic E-state index is -1.83. The van der Waals surface area contributed by atoms with Crippen molar-refractivity contribution >= 4 is 19.7 Å². The quantitative estimate of drug-likeness (QED) is 0.729. The highest BCUT2D eigenvalue weighted by Gasteiger charge is 2.46. The third-order valence-corrected chi connectivity index (χ3v) is 6.39. The fourth-order valence-electron chi connectivity index (χ4n) is 2.75. The first kappa shape index (κ1) is 17.5. The smallest absolute Gasteiger partial charge is 0.119 e. The predicted octanol–water partition coefficient (Wildman–Crippen LogP) is 4.84. The van der Waals surface area contributed by atoms with E-state index in [-0.39, 0.29) is 5.73 Å². The zero-order valence-electron chi connectivity index (χ0n) is 13.9. The number of ether oxygens (including phenoxy) is 1. The number of hydrogen-bond acceptors (Lipinski definition) is 3. The third kappa shape index (κ3) is 3.93. The van der Waals surface area contributed by atoms with Gasteiger partial charge in [0.25, 0.3) is 0 Å². The van der Waals surface area contributed by atoms with E-state index in [9.17, 15) is 5.26 Å². The minimum absolute atomic E-state index is 0.217. The summed E-state index contributed by atoms with van der Waals surface area (Å²) in [7, 11) is -1.83. The second-order valence-electron chi connectivity index (χ2n) is 6.87. The lowest BCUT2D eigenvalue weighted by atomic mass is 9.85. The Hall–Kier alpha value is -1.83. The summed E-state index contributed by atoms with van der Waals surface area (Å²) in [6, 6.07) is 13.6. The van der Waals surface area contributed by atoms with Crippen LogP contribution in [0.5, 0.6) is 5.75 Å². The molecule has 1 heterocycles. The van der Waals surface area contributed by atoms with Crippen molar-refractivity contribution in [2.75, 3.05) is 0 Å². The highest BCUT2D eigenvalue weighted by molar-refractivity contribution is 6.77. The lowest BCUT2D eigenvalue weighted by molar-refractivity contribution is 0.209. The lowest BCUT2D eigenvalue weighted by Gasteiger charge is -2.39. The summed E-state index contributed by atoms with van der Waals surface area (Å²) in [4.78, 5) is 4.17. The first-order valence-corrected chi connectivity index (χ1v) is 11.5. The molecule has 0 N–H and O–H groups in total. The first-order valence-electron chi connectivity index (χ1n) is 7.51. The number of hydrogen-bond donors (Lipinski definition) is 0. The minimum Gasteiger partial charge on any atom is -0.492 e. The van der Waals surface area contributed by atoms with Gasteiger partial charge in [-0.2, -0.15) is 5.26 Å². The normalized spacial score (nSPS) is 15.3. The maximum Gasteiger partial charge on any atom is 0.119 e. The highest BCUT2D eigenvalue weighted by Crippen LogP contribution is 2.35. The summed E-state index contributed by atoms with van der Waals surface area (Å²) in [5, 5.41) is 10.6. The molecule has 0 aliphatic rings. The highest BCUT2D eigenvalue weighted by atomic mass is 35.5. The van der Waals surface area contributed by atoms with E-state index in [0.29, 0.717) is 5.02 Å². The van der Waals surface area contributed by atoms with Gasteiger partial charge in [0.2, 0.25) is 0 Å². The molecule has 0 amide bonds. The Kier molecular flexibility index (Phi) is 5.13. The van der Waals surface area contributed by atoms with Crippen LogP contribution >= 0.6 is 11.6 Å². The molecule has 1 aromatic heterocycles. The average molecular weight is 345 g/mol. The summed E-state index contributed by atoms with van der Waals surface area (Å²) in [6.45, 7) is 8.56. The molecule has 0 saturated heterocycles. The second-order valence-corrected chi connectivity index (χ2v) is 12.6. The molecule has 3 nitrogen and oxygen atoms in total. The van der Waals surface area contributed by atoms with E-state index in [4.69, 9.17) is 16.3 Å². The Morgan fingerprint density at radius 1 is 1.22 bits per heavy atom. The van der Waals surface area contributed by atoms with E-state index >= 15 is 0 Å². The van der Waals surface area contributed by atoms with Gasteiger partial charge in [0.1, 0.15) is 16.9 Å². The van der Waals surface area contributed by atoms with Gasteiger partial charge in [0.15, 0.2) is 0 Å². The second kappa shape index (κ2) is 6.73. The Balaban J connectivity index is 2.45. The molecule has 0 saturated carbocycles. The molecular formula is C18H21ClN2OSi. The number of pyridine rings is 1. The van der Waals surface area contributed by atoms with E-state index in [1.54, 1.807) is 24.5 Å². The van der Waals surface area contributed by atoms with Crippen LogP contribution in [0.25, 0.3) is 0 Å². The zero-order chi connectivity index (χ0) is 17.1. The molecule has 5 heteroatoms. The van der Waals surface area contributed by atoms with Gasteiger partial charge in [-0.1, -0.05) is 37.3 Å². The number of nitrogens with zero attached hydrogens (tertiary/aromatic N) is 2. The Bertz CT molecular complexity index is 692. The van der Waals surface area contributed by atoms with Gasteiger partial charge >= 0.3 is 0 Å². The molecular weight excluding hydrogens is 324 g/mol. The molecule has 0 radical (unpaired) electrons. The van der Waals surface area contributed by atoms with Crippen LogP contribution in [0, 0.1) is 11.3 Å². The van der Waals surface area contributed by atoms with Crippen molar-refractivity contribution in [3.63, 3.8) is 0 Å². The average Bonchev–Trinajstić information content (AvgIpc) is 2.53. The van der Waals surface area contributed by atoms with E-state index in [0.717, 1.165) is 11.3 Å². The fraction of sp³-hybridized carbons (Fsp3) is 0.333. The molecule has 0 aliphatic carbocycles. The Labute approximate surface area is 143 Å². The Morgan fingerprint density at radius 3 is 2.35 bits per heavy atom. The number of nitriles is 1. The van der Waals surface area contributed by atoms with E-state index < -0.39 is 13.5 Å². The molecule has 1 aromatic carbocycles. The first-order chi connectivity index (χ1) is 10.8. The van der Waals surface area contributed by atoms with Crippen molar-refractivity contribution in [3.05, 3.63) is 59.4 Å². The van der Waals surface area contributed by atoms with Gasteiger partial charge in [-0.3, -0.25) is 4.98 Å². The van der Waals surface area contributed by atoms with Gasteiger partial charge in [-0.05, 0) is 42.8 Å². The van der Waals surface area contributed by atoms with Gasteiger partial charge in [-0.15, -0.1) is 0 Å². The molecule has 2 unspecified atom stereocenters. The lowest BCUT2D eigenvalue weighted by Crippen LogP contribution is -2.55. The topological polar surface area (TPSA) is 45.9 Å². The van der Waals surface area contributed by atoms with Gasteiger partial charge < -0.3 is 4.74 Å². The molecule has 0 aliphatic heterocycles. The standard InChI is InChI=1S/C18H21ClN2OSi/c1-18(13-20,14-6-5-11-21-12-14)17(23(2,3)4)22-16-9-7-15(19)8-10-16/h5-12,17H,1-4H3. The Morgan fingerprint density at radius 2 is 1.87 bits per heavy atom. The molecule has 0 bridgehead atoms. The van der Waals surface area contributed by atoms with Crippen LogP contribution in [-0.4, -0.2) is 18.8 Å². The predicted molar refractivity (Wildman–Crippen MR) is 96.4 cm³/mol. The fourth-order valence-corrected chi connectivity index (χ4v) is 5.33. The summed E-state index contributed by atoms with van der Waals surface area (Å²) in [6.07, 6.45) is 3.46. The maximum atomic E-state index is 9.94. The summed E-state index contributed by atoms with van der Waals surface area (Å²) >= 11 is 5.94. The number of aromatic nitrogens is 1. The molecule has 23 heavy (non-hydrogen) atoms. The largest absolute Gasteiger partial charge is 0.492 e. The van der Waals surface area contributed by atoms with Crippen LogP contribution in [0.15, 0.2) is 48.8 Å². The molecule has 0 fully saturated rings. The molecule has 120 valence electrons. The van der Waals surface area contributed by atoms with Crippen LogP contribution in [0.1, 0.15) is 12.5 Å². The third-order valence-electron chi connectivity index (χ3n) is 3.87. The van der Waals surface area contributed by atoms with Crippen LogP contribution in [0.3, 0.4) is 0 Å². The monoisotopic (exact) mass is 344 g/mol. The SMILES string of the molecule is CC(C#N)(c1cccnc1)C(Oc1ccc(Cl)cc1)[Si](C)(C)C. The summed E-state index contributed by atoms with van der Waals surface area (Å²) in [5.74, 6) is 0.729. The van der Waals surface area contributed by atoms with E-state index in [1.807, 2.05) is 31.2 Å². The molecule has 0 spiro atoms. The van der Waals surface area contributed by atoms with E-state index in [2.05, 4.69) is 30.7 Å². The van der Waals surface area contributed by atoms with Crippen molar-refractivity contribution in [2.24, 2.45) is 0 Å². The summed E-state index contributed by atoms with van der Waals surface area (Å²) < 4.78 is 6.30. The summed E-state index contributed by atoms with van der Waals surface area (Å²) in [5.41, 5.74) is -0.104. The van der Waals surface area contributed by atoms with Crippen molar-refractivity contribution < 1.29 is 4.74 Å². The zero-order valence-corrected chi connectivity index (χ0v) is 15.6. The van der Waals surface area contributed by atoms with Crippen molar-refractivity contribution in [3.8, 4) is 11.8 Å². The molecule has 2 rings (SSSR count). The molecule has 2 atom stereocenters. The number of rotatable bonds is 5. The van der Waals surface area contributed by atoms with Gasteiger partial charge in [0, 0.05) is 17.4 Å². The van der Waals surface area contributed by atoms with Crippen molar-refractivity contribution in [2.45, 2.75) is 37.7 Å². The van der Waals surface area contributed by atoms with Crippen LogP contribution < -0.4 is 4.74 Å². The molecule has 2 aromatic rings. The van der Waals surface area contributed by atoms with Gasteiger partial charge in [0.05, 0.1) is 14.1 Å².